The zero-order chi connectivity index (χ0) is 22.2. The highest BCUT2D eigenvalue weighted by Crippen LogP contribution is 2.18. The van der Waals surface area contributed by atoms with Crippen LogP contribution in [0.15, 0.2) is 59.8 Å². The number of carbonyl (C=O) groups is 2. The molecule has 0 spiro atoms. The summed E-state index contributed by atoms with van der Waals surface area (Å²) in [4.78, 5) is 24.1. The van der Waals surface area contributed by atoms with E-state index in [2.05, 4.69) is 20.8 Å². The third-order valence-corrected chi connectivity index (χ3v) is 5.51. The fourth-order valence-electron chi connectivity index (χ4n) is 2.50. The summed E-state index contributed by atoms with van der Waals surface area (Å²) in [5, 5.41) is 14.4. The zero-order valence-electron chi connectivity index (χ0n) is 16.5. The first-order valence-electron chi connectivity index (χ1n) is 9.20. The number of benzene rings is 2. The smallest absolute Gasteiger partial charge is 0.244 e. The van der Waals surface area contributed by atoms with E-state index in [4.69, 9.17) is 11.6 Å². The summed E-state index contributed by atoms with van der Waals surface area (Å²) < 4.78 is 15.3. The lowest BCUT2D eigenvalue weighted by molar-refractivity contribution is -0.116. The molecule has 31 heavy (non-hydrogen) atoms. The van der Waals surface area contributed by atoms with Crippen LogP contribution < -0.4 is 10.6 Å². The number of rotatable bonds is 8. The number of hydrogen-bond acceptors (Lipinski definition) is 5. The maximum atomic E-state index is 13.6. The number of nitrogens with zero attached hydrogens (tertiary/aromatic N) is 3. The summed E-state index contributed by atoms with van der Waals surface area (Å²) in [6.45, 7) is 0.164. The Morgan fingerprint density at radius 2 is 1.90 bits per heavy atom. The minimum Gasteiger partial charge on any atom is -0.345 e. The molecule has 0 unspecified atom stereocenters. The van der Waals surface area contributed by atoms with Crippen LogP contribution in [0.25, 0.3) is 6.08 Å². The molecular formula is C21H19ClFN5O2S. The summed E-state index contributed by atoms with van der Waals surface area (Å²) in [7, 11) is 1.73. The number of hydrogen-bond donors (Lipinski definition) is 2. The molecule has 2 amide bonds. The van der Waals surface area contributed by atoms with E-state index in [-0.39, 0.29) is 29.8 Å². The Bertz CT molecular complexity index is 1120. The van der Waals surface area contributed by atoms with Crippen LogP contribution in [0.4, 0.5) is 10.1 Å². The molecule has 0 fully saturated rings. The number of aromatic nitrogens is 3. The molecule has 160 valence electrons. The Labute approximate surface area is 187 Å². The van der Waals surface area contributed by atoms with Gasteiger partial charge in [-0.3, -0.25) is 9.59 Å². The van der Waals surface area contributed by atoms with Gasteiger partial charge in [-0.2, -0.15) is 0 Å². The largest absolute Gasteiger partial charge is 0.345 e. The van der Waals surface area contributed by atoms with Crippen molar-refractivity contribution in [2.45, 2.75) is 11.7 Å². The zero-order valence-corrected chi connectivity index (χ0v) is 18.1. The molecule has 10 heteroatoms. The third-order valence-electron chi connectivity index (χ3n) is 4.15. The van der Waals surface area contributed by atoms with Gasteiger partial charge in [0.05, 0.1) is 18.0 Å². The highest BCUT2D eigenvalue weighted by atomic mass is 35.5. The fraction of sp³-hybridized carbons (Fsp3) is 0.143. The van der Waals surface area contributed by atoms with E-state index in [9.17, 15) is 14.0 Å². The van der Waals surface area contributed by atoms with Crippen LogP contribution in [0.5, 0.6) is 0 Å². The summed E-state index contributed by atoms with van der Waals surface area (Å²) >= 11 is 7.21. The van der Waals surface area contributed by atoms with Crippen LogP contribution in [0.3, 0.4) is 0 Å². The highest BCUT2D eigenvalue weighted by Gasteiger charge is 2.13. The Morgan fingerprint density at radius 3 is 2.68 bits per heavy atom. The molecule has 1 aromatic heterocycles. The van der Waals surface area contributed by atoms with Gasteiger partial charge >= 0.3 is 0 Å². The number of anilines is 1. The lowest BCUT2D eigenvalue weighted by Crippen LogP contribution is -2.22. The Balaban J connectivity index is 1.49. The van der Waals surface area contributed by atoms with Crippen LogP contribution in [-0.2, 0) is 23.2 Å². The van der Waals surface area contributed by atoms with Crippen LogP contribution in [0.1, 0.15) is 11.4 Å². The lowest BCUT2D eigenvalue weighted by Gasteiger charge is -2.06. The summed E-state index contributed by atoms with van der Waals surface area (Å²) in [6, 6.07) is 13.1. The second kappa shape index (κ2) is 10.7. The first-order chi connectivity index (χ1) is 14.9. The molecule has 0 bridgehead atoms. The van der Waals surface area contributed by atoms with Crippen molar-refractivity contribution < 1.29 is 14.0 Å². The van der Waals surface area contributed by atoms with Crippen molar-refractivity contribution in [3.05, 3.63) is 76.8 Å². The van der Waals surface area contributed by atoms with Crippen molar-refractivity contribution in [1.82, 2.24) is 20.1 Å². The number of amides is 2. The molecule has 2 aromatic carbocycles. The average Bonchev–Trinajstić information content (AvgIpc) is 3.11. The van der Waals surface area contributed by atoms with Crippen LogP contribution >= 0.6 is 23.4 Å². The number of carbonyl (C=O) groups excluding carboxylic acids is 2. The van der Waals surface area contributed by atoms with Gasteiger partial charge < -0.3 is 15.2 Å². The van der Waals surface area contributed by atoms with Gasteiger partial charge in [0.15, 0.2) is 11.0 Å². The van der Waals surface area contributed by atoms with Gasteiger partial charge in [-0.1, -0.05) is 53.7 Å². The second-order valence-corrected chi connectivity index (χ2v) is 7.70. The van der Waals surface area contributed by atoms with E-state index in [0.717, 1.165) is 17.3 Å². The molecule has 0 aliphatic heterocycles. The van der Waals surface area contributed by atoms with Gasteiger partial charge in [-0.05, 0) is 29.8 Å². The van der Waals surface area contributed by atoms with Crippen LogP contribution in [0, 0.1) is 5.82 Å². The molecule has 3 rings (SSSR count). The number of nitrogens with one attached hydrogen (secondary N) is 2. The Morgan fingerprint density at radius 1 is 1.16 bits per heavy atom. The molecule has 0 saturated heterocycles. The molecule has 0 saturated carbocycles. The molecule has 1 heterocycles. The van der Waals surface area contributed by atoms with Gasteiger partial charge in [0.25, 0.3) is 0 Å². The Hall–Kier alpha value is -3.17. The van der Waals surface area contributed by atoms with Gasteiger partial charge in [0.2, 0.25) is 11.8 Å². The van der Waals surface area contributed by atoms with Crippen molar-refractivity contribution in [1.29, 1.82) is 0 Å². The summed E-state index contributed by atoms with van der Waals surface area (Å²) in [5.74, 6) is -0.607. The first kappa shape index (κ1) is 22.5. The van der Waals surface area contributed by atoms with Crippen molar-refractivity contribution in [3.8, 4) is 0 Å². The van der Waals surface area contributed by atoms with E-state index in [1.54, 1.807) is 42.0 Å². The van der Waals surface area contributed by atoms with Crippen molar-refractivity contribution >= 4 is 46.9 Å². The number of halogens is 2. The first-order valence-corrected chi connectivity index (χ1v) is 10.6. The van der Waals surface area contributed by atoms with Crippen molar-refractivity contribution in [2.24, 2.45) is 7.05 Å². The predicted octanol–water partition coefficient (Wildman–Crippen LogP) is 3.67. The number of thioether (sulfide) groups is 1. The van der Waals surface area contributed by atoms with Crippen LogP contribution in [0.2, 0.25) is 5.02 Å². The normalized spacial score (nSPS) is 10.9. The molecule has 3 aromatic rings. The minimum absolute atomic E-state index is 0.0350. The van der Waals surface area contributed by atoms with E-state index < -0.39 is 5.82 Å². The van der Waals surface area contributed by atoms with E-state index >= 15 is 0 Å². The average molecular weight is 460 g/mol. The van der Waals surface area contributed by atoms with Crippen molar-refractivity contribution in [3.63, 3.8) is 0 Å². The molecule has 0 atom stereocenters. The quantitative estimate of drug-likeness (QED) is 0.396. The van der Waals surface area contributed by atoms with E-state index in [1.807, 2.05) is 12.1 Å². The van der Waals surface area contributed by atoms with E-state index in [0.29, 0.717) is 16.0 Å². The second-order valence-electron chi connectivity index (χ2n) is 6.35. The highest BCUT2D eigenvalue weighted by molar-refractivity contribution is 7.99. The van der Waals surface area contributed by atoms with Gasteiger partial charge in [0.1, 0.15) is 5.82 Å². The van der Waals surface area contributed by atoms with Gasteiger partial charge in [-0.25, -0.2) is 4.39 Å². The van der Waals surface area contributed by atoms with Gasteiger partial charge in [-0.15, -0.1) is 10.2 Å². The molecule has 0 radical (unpaired) electrons. The standard InChI is InChI=1S/C21H19ClFN5O2S/c1-28-18(12-24-19(29)11-10-14-6-2-3-7-15(14)22)26-27-21(28)31-13-20(30)25-17-9-5-4-8-16(17)23/h2-11H,12-13H2,1H3,(H,24,29)(H,25,30). The summed E-state index contributed by atoms with van der Waals surface area (Å²) in [6.07, 6.45) is 3.02. The van der Waals surface area contributed by atoms with E-state index in [1.165, 1.54) is 18.2 Å². The molecular weight excluding hydrogens is 441 g/mol. The minimum atomic E-state index is -0.499. The predicted molar refractivity (Wildman–Crippen MR) is 119 cm³/mol. The fourth-order valence-corrected chi connectivity index (χ4v) is 3.43. The molecule has 0 aliphatic rings. The number of para-hydroxylation sites is 1. The van der Waals surface area contributed by atoms with Crippen LogP contribution in [-0.4, -0.2) is 32.3 Å². The third kappa shape index (κ3) is 6.40. The molecule has 2 N–H and O–H groups in total. The molecule has 0 aliphatic carbocycles. The maximum Gasteiger partial charge on any atom is 0.244 e. The Kier molecular flexibility index (Phi) is 7.80. The monoisotopic (exact) mass is 459 g/mol. The van der Waals surface area contributed by atoms with Crippen molar-refractivity contribution in [2.75, 3.05) is 11.1 Å². The molecule has 7 nitrogen and oxygen atoms in total. The van der Waals surface area contributed by atoms with Gasteiger partial charge in [0, 0.05) is 18.1 Å². The SMILES string of the molecule is Cn1c(CNC(=O)C=Cc2ccccc2Cl)nnc1SCC(=O)Nc1ccccc1F. The maximum absolute atomic E-state index is 13.6. The summed E-state index contributed by atoms with van der Waals surface area (Å²) in [5.41, 5.74) is 0.865. The lowest BCUT2D eigenvalue weighted by atomic mass is 10.2. The topological polar surface area (TPSA) is 88.9 Å².